The molecule has 1 N–H and O–H groups in total. The predicted octanol–water partition coefficient (Wildman–Crippen LogP) is 3.50. The molecule has 0 spiro atoms. The summed E-state index contributed by atoms with van der Waals surface area (Å²) >= 11 is 3.71. The van der Waals surface area contributed by atoms with E-state index >= 15 is 0 Å². The molecule has 16 heavy (non-hydrogen) atoms. The molecule has 1 rings (SSSR count). The van der Waals surface area contributed by atoms with E-state index in [4.69, 9.17) is 0 Å². The fourth-order valence-electron chi connectivity index (χ4n) is 1.55. The van der Waals surface area contributed by atoms with Crippen LogP contribution in [0.25, 0.3) is 0 Å². The predicted molar refractivity (Wildman–Crippen MR) is 77.5 cm³/mol. The van der Waals surface area contributed by atoms with E-state index in [0.29, 0.717) is 0 Å². The van der Waals surface area contributed by atoms with Crippen molar-refractivity contribution in [2.75, 3.05) is 24.8 Å². The van der Waals surface area contributed by atoms with Crippen molar-refractivity contribution in [2.24, 2.45) is 5.92 Å². The molecule has 0 saturated heterocycles. The lowest BCUT2D eigenvalue weighted by molar-refractivity contribution is 0.559. The van der Waals surface area contributed by atoms with Crippen molar-refractivity contribution in [2.45, 2.75) is 18.4 Å². The Kier molecular flexibility index (Phi) is 7.01. The second kappa shape index (κ2) is 8.04. The maximum absolute atomic E-state index is 3.50. The van der Waals surface area contributed by atoms with Gasteiger partial charge in [0.2, 0.25) is 0 Å². The highest BCUT2D eigenvalue weighted by Gasteiger charge is 2.00. The fourth-order valence-corrected chi connectivity index (χ4v) is 2.64. The van der Waals surface area contributed by atoms with Crippen molar-refractivity contribution in [3.05, 3.63) is 29.8 Å². The summed E-state index contributed by atoms with van der Waals surface area (Å²) < 4.78 is 0. The summed E-state index contributed by atoms with van der Waals surface area (Å²) in [6.45, 7) is 4.37. The van der Waals surface area contributed by atoms with E-state index in [1.807, 2.05) is 11.8 Å². The second-order valence-corrected chi connectivity index (χ2v) is 5.83. The zero-order valence-electron chi connectivity index (χ0n) is 10.3. The molecule has 0 aromatic heterocycles. The normalized spacial score (nSPS) is 12.7. The summed E-state index contributed by atoms with van der Waals surface area (Å²) in [5, 5.41) is 3.50. The Morgan fingerprint density at radius 3 is 2.44 bits per heavy atom. The number of thioether (sulfide) groups is 2. The minimum absolute atomic E-state index is 0.750. The van der Waals surface area contributed by atoms with Crippen LogP contribution >= 0.6 is 23.5 Å². The molecule has 1 atom stereocenters. The molecule has 1 unspecified atom stereocenters. The lowest BCUT2D eigenvalue weighted by Crippen LogP contribution is -2.21. The summed E-state index contributed by atoms with van der Waals surface area (Å²) in [5.74, 6) is 1.98. The molecule has 0 fully saturated rings. The van der Waals surface area contributed by atoms with Crippen molar-refractivity contribution < 1.29 is 0 Å². The molecule has 1 aromatic carbocycles. The van der Waals surface area contributed by atoms with Gasteiger partial charge in [-0.2, -0.15) is 11.8 Å². The van der Waals surface area contributed by atoms with E-state index in [-0.39, 0.29) is 0 Å². The van der Waals surface area contributed by atoms with Crippen molar-refractivity contribution in [3.8, 4) is 0 Å². The molecule has 0 aliphatic heterocycles. The lowest BCUT2D eigenvalue weighted by Gasteiger charge is -2.11. The van der Waals surface area contributed by atoms with Gasteiger partial charge in [0.15, 0.2) is 0 Å². The number of benzene rings is 1. The van der Waals surface area contributed by atoms with Gasteiger partial charge in [-0.3, -0.25) is 0 Å². The van der Waals surface area contributed by atoms with Gasteiger partial charge < -0.3 is 5.32 Å². The standard InChI is InChI=1S/C13H21NS2/c1-11(10-15-2)8-14-9-12-4-6-13(16-3)7-5-12/h4-7,11,14H,8-10H2,1-3H3. The van der Waals surface area contributed by atoms with E-state index < -0.39 is 0 Å². The number of hydrogen-bond acceptors (Lipinski definition) is 3. The van der Waals surface area contributed by atoms with E-state index in [9.17, 15) is 0 Å². The van der Waals surface area contributed by atoms with Crippen LogP contribution < -0.4 is 5.32 Å². The molecule has 0 amide bonds. The third-order valence-electron chi connectivity index (χ3n) is 2.43. The van der Waals surface area contributed by atoms with Crippen LogP contribution in [0.15, 0.2) is 29.2 Å². The van der Waals surface area contributed by atoms with Gasteiger partial charge in [0.25, 0.3) is 0 Å². The van der Waals surface area contributed by atoms with Crippen molar-refractivity contribution >= 4 is 23.5 Å². The van der Waals surface area contributed by atoms with Crippen LogP contribution in [0.1, 0.15) is 12.5 Å². The number of rotatable bonds is 7. The van der Waals surface area contributed by atoms with Gasteiger partial charge in [-0.15, -0.1) is 11.8 Å². The topological polar surface area (TPSA) is 12.0 Å². The molecule has 90 valence electrons. The Labute approximate surface area is 108 Å². The van der Waals surface area contributed by atoms with Crippen LogP contribution in [-0.2, 0) is 6.54 Å². The smallest absolute Gasteiger partial charge is 0.0205 e. The van der Waals surface area contributed by atoms with Gasteiger partial charge in [-0.1, -0.05) is 19.1 Å². The van der Waals surface area contributed by atoms with Gasteiger partial charge in [-0.05, 0) is 48.4 Å². The minimum Gasteiger partial charge on any atom is -0.312 e. The lowest BCUT2D eigenvalue weighted by atomic mass is 10.2. The Morgan fingerprint density at radius 1 is 1.19 bits per heavy atom. The van der Waals surface area contributed by atoms with E-state index in [1.165, 1.54) is 16.2 Å². The number of nitrogens with one attached hydrogen (secondary N) is 1. The summed E-state index contributed by atoms with van der Waals surface area (Å²) in [5.41, 5.74) is 1.37. The highest BCUT2D eigenvalue weighted by molar-refractivity contribution is 7.98. The average molecular weight is 255 g/mol. The molecule has 0 saturated carbocycles. The summed E-state index contributed by atoms with van der Waals surface area (Å²) in [6, 6.07) is 8.79. The van der Waals surface area contributed by atoms with Crippen LogP contribution in [0.4, 0.5) is 0 Å². The van der Waals surface area contributed by atoms with Gasteiger partial charge in [0.1, 0.15) is 0 Å². The summed E-state index contributed by atoms with van der Waals surface area (Å²) in [7, 11) is 0. The summed E-state index contributed by atoms with van der Waals surface area (Å²) in [4.78, 5) is 1.33. The first kappa shape index (κ1) is 13.9. The van der Waals surface area contributed by atoms with Gasteiger partial charge in [0, 0.05) is 11.4 Å². The average Bonchev–Trinajstić information content (AvgIpc) is 2.30. The Morgan fingerprint density at radius 2 is 1.88 bits per heavy atom. The molecule has 1 nitrogen and oxygen atoms in total. The second-order valence-electron chi connectivity index (χ2n) is 4.04. The van der Waals surface area contributed by atoms with Crippen LogP contribution in [0.3, 0.4) is 0 Å². The van der Waals surface area contributed by atoms with E-state index in [1.54, 1.807) is 11.8 Å². The fraction of sp³-hybridized carbons (Fsp3) is 0.538. The van der Waals surface area contributed by atoms with E-state index in [2.05, 4.69) is 49.0 Å². The molecule has 0 heterocycles. The summed E-state index contributed by atoms with van der Waals surface area (Å²) in [6.07, 6.45) is 4.27. The molecule has 1 aromatic rings. The molecule has 0 aliphatic rings. The Hall–Kier alpha value is -0.120. The number of hydrogen-bond donors (Lipinski definition) is 1. The van der Waals surface area contributed by atoms with Crippen LogP contribution in [0.5, 0.6) is 0 Å². The minimum atomic E-state index is 0.750. The first-order chi connectivity index (χ1) is 7.76. The molecule has 0 aliphatic carbocycles. The highest BCUT2D eigenvalue weighted by atomic mass is 32.2. The largest absolute Gasteiger partial charge is 0.312 e. The third-order valence-corrected chi connectivity index (χ3v) is 4.08. The first-order valence-corrected chi connectivity index (χ1v) is 8.20. The van der Waals surface area contributed by atoms with Crippen LogP contribution in [-0.4, -0.2) is 24.8 Å². The Balaban J connectivity index is 2.26. The monoisotopic (exact) mass is 255 g/mol. The molecule has 0 radical (unpaired) electrons. The molecular formula is C13H21NS2. The highest BCUT2D eigenvalue weighted by Crippen LogP contribution is 2.14. The first-order valence-electron chi connectivity index (χ1n) is 5.59. The Bertz CT molecular complexity index is 284. The van der Waals surface area contributed by atoms with Crippen molar-refractivity contribution in [1.29, 1.82) is 0 Å². The molecule has 0 bridgehead atoms. The zero-order chi connectivity index (χ0) is 11.8. The zero-order valence-corrected chi connectivity index (χ0v) is 12.0. The van der Waals surface area contributed by atoms with Crippen molar-refractivity contribution in [3.63, 3.8) is 0 Å². The quantitative estimate of drug-likeness (QED) is 0.749. The van der Waals surface area contributed by atoms with E-state index in [0.717, 1.165) is 19.0 Å². The van der Waals surface area contributed by atoms with Crippen molar-refractivity contribution in [1.82, 2.24) is 5.32 Å². The van der Waals surface area contributed by atoms with Gasteiger partial charge in [0.05, 0.1) is 0 Å². The molecule has 3 heteroatoms. The maximum Gasteiger partial charge on any atom is 0.0205 e. The van der Waals surface area contributed by atoms with Gasteiger partial charge >= 0.3 is 0 Å². The van der Waals surface area contributed by atoms with Gasteiger partial charge in [-0.25, -0.2) is 0 Å². The third kappa shape index (κ3) is 5.28. The maximum atomic E-state index is 3.50. The van der Waals surface area contributed by atoms with Crippen LogP contribution in [0, 0.1) is 5.92 Å². The van der Waals surface area contributed by atoms with Crippen LogP contribution in [0.2, 0.25) is 0 Å². The SMILES string of the molecule is CSCC(C)CNCc1ccc(SC)cc1. The molecular weight excluding hydrogens is 234 g/mol.